The molecular formula is C34H34BrFN6O3. The Morgan fingerprint density at radius 3 is 2.62 bits per heavy atom. The molecule has 1 saturated carbocycles. The minimum absolute atomic E-state index is 0.0396. The summed E-state index contributed by atoms with van der Waals surface area (Å²) in [5, 5.41) is 15.5. The number of halogens is 2. The molecule has 232 valence electrons. The largest absolute Gasteiger partial charge is 0.508 e. The van der Waals surface area contributed by atoms with Gasteiger partial charge in [0.15, 0.2) is 5.82 Å². The van der Waals surface area contributed by atoms with Crippen molar-refractivity contribution in [1.29, 1.82) is 0 Å². The Labute approximate surface area is 269 Å². The van der Waals surface area contributed by atoms with Crippen LogP contribution in [0.15, 0.2) is 34.9 Å². The van der Waals surface area contributed by atoms with Crippen molar-refractivity contribution >= 4 is 43.6 Å². The number of ether oxygens (including phenoxy) is 2. The van der Waals surface area contributed by atoms with Crippen LogP contribution in [0.25, 0.3) is 32.9 Å². The van der Waals surface area contributed by atoms with Crippen molar-refractivity contribution in [2.75, 3.05) is 57.4 Å². The molecule has 2 unspecified atom stereocenters. The van der Waals surface area contributed by atoms with Gasteiger partial charge in [-0.1, -0.05) is 12.0 Å². The highest BCUT2D eigenvalue weighted by Crippen LogP contribution is 2.47. The van der Waals surface area contributed by atoms with E-state index in [1.165, 1.54) is 6.07 Å². The lowest BCUT2D eigenvalue weighted by molar-refractivity contribution is 0.0231. The van der Waals surface area contributed by atoms with E-state index in [1.54, 1.807) is 24.4 Å². The second-order valence-corrected chi connectivity index (χ2v) is 13.7. The number of fused-ring (bicyclic) bond motifs is 4. The number of piperazine rings is 1. The van der Waals surface area contributed by atoms with Crippen LogP contribution in [-0.2, 0) is 4.74 Å². The SMILES string of the molecule is C#Cc1c(F)ccc2cc(O)cc(-c3cnc4c(N5CC6CCC(C5)N6)nc(OCC5(CN6CCOCC6)CC5)nc4c3Br)c12. The van der Waals surface area contributed by atoms with Gasteiger partial charge in [-0.25, -0.2) is 9.37 Å². The topological polar surface area (TPSA) is 95.9 Å². The molecule has 8 rings (SSSR count). The first-order valence-corrected chi connectivity index (χ1v) is 16.4. The molecule has 0 radical (unpaired) electrons. The fourth-order valence-electron chi connectivity index (χ4n) is 7.21. The summed E-state index contributed by atoms with van der Waals surface area (Å²) in [6, 6.07) is 7.23. The summed E-state index contributed by atoms with van der Waals surface area (Å²) in [5.74, 6) is 2.79. The van der Waals surface area contributed by atoms with E-state index < -0.39 is 5.82 Å². The first-order chi connectivity index (χ1) is 21.9. The van der Waals surface area contributed by atoms with Crippen LogP contribution in [0.2, 0.25) is 0 Å². The van der Waals surface area contributed by atoms with Crippen LogP contribution in [0.1, 0.15) is 31.2 Å². The third kappa shape index (κ3) is 5.37. The molecule has 0 amide bonds. The molecule has 4 aromatic rings. The number of pyridine rings is 1. The molecule has 2 N–H and O–H groups in total. The van der Waals surface area contributed by atoms with Crippen LogP contribution in [-0.4, -0.2) is 89.6 Å². The maximum atomic E-state index is 14.9. The number of benzene rings is 2. The molecule has 5 heterocycles. The minimum Gasteiger partial charge on any atom is -0.508 e. The number of rotatable bonds is 7. The quantitative estimate of drug-likeness (QED) is 0.267. The zero-order valence-corrected chi connectivity index (χ0v) is 26.4. The van der Waals surface area contributed by atoms with Crippen molar-refractivity contribution in [3.8, 4) is 35.2 Å². The smallest absolute Gasteiger partial charge is 0.319 e. The molecule has 1 aliphatic carbocycles. The van der Waals surface area contributed by atoms with Gasteiger partial charge in [0.25, 0.3) is 0 Å². The number of hydrogen-bond acceptors (Lipinski definition) is 9. The summed E-state index contributed by atoms with van der Waals surface area (Å²) in [7, 11) is 0. The molecule has 2 aromatic heterocycles. The third-order valence-electron chi connectivity index (χ3n) is 9.74. The van der Waals surface area contributed by atoms with Crippen molar-refractivity contribution in [3.05, 3.63) is 46.3 Å². The van der Waals surface area contributed by atoms with Crippen LogP contribution in [0.4, 0.5) is 10.2 Å². The second kappa shape index (κ2) is 11.4. The van der Waals surface area contributed by atoms with Gasteiger partial charge in [0.2, 0.25) is 0 Å². The highest BCUT2D eigenvalue weighted by molar-refractivity contribution is 9.10. The Balaban J connectivity index is 1.22. The molecule has 4 aliphatic rings. The van der Waals surface area contributed by atoms with Gasteiger partial charge >= 0.3 is 6.01 Å². The van der Waals surface area contributed by atoms with E-state index in [0.29, 0.717) is 62.1 Å². The van der Waals surface area contributed by atoms with Gasteiger partial charge in [-0.2, -0.15) is 9.97 Å². The lowest BCUT2D eigenvalue weighted by Gasteiger charge is -2.34. The van der Waals surface area contributed by atoms with E-state index in [1.807, 2.05) is 0 Å². The molecular weight excluding hydrogens is 639 g/mol. The zero-order chi connectivity index (χ0) is 30.7. The molecule has 2 bridgehead atoms. The van der Waals surface area contributed by atoms with Crippen LogP contribution in [0, 0.1) is 23.6 Å². The average Bonchev–Trinajstić information content (AvgIpc) is 3.73. The number of anilines is 1. The van der Waals surface area contributed by atoms with E-state index in [4.69, 9.17) is 30.8 Å². The fraction of sp³-hybridized carbons (Fsp3) is 0.441. The third-order valence-corrected chi connectivity index (χ3v) is 10.5. The highest BCUT2D eigenvalue weighted by Gasteiger charge is 2.45. The van der Waals surface area contributed by atoms with Gasteiger partial charge in [-0.15, -0.1) is 6.42 Å². The molecule has 2 aromatic carbocycles. The summed E-state index contributed by atoms with van der Waals surface area (Å²) < 4.78 is 27.5. The highest BCUT2D eigenvalue weighted by atomic mass is 79.9. The number of aromatic hydroxyl groups is 1. The Morgan fingerprint density at radius 2 is 1.89 bits per heavy atom. The maximum absolute atomic E-state index is 14.9. The number of hydrogen-bond donors (Lipinski definition) is 2. The van der Waals surface area contributed by atoms with Gasteiger partial charge in [0.05, 0.1) is 29.9 Å². The number of morpholine rings is 1. The van der Waals surface area contributed by atoms with Gasteiger partial charge in [0.1, 0.15) is 22.6 Å². The van der Waals surface area contributed by atoms with E-state index in [0.717, 1.165) is 77.4 Å². The lowest BCUT2D eigenvalue weighted by Crippen LogP contribution is -2.51. The normalized spacial score (nSPS) is 22.6. The van der Waals surface area contributed by atoms with Crippen molar-refractivity contribution in [1.82, 2.24) is 25.2 Å². The Hall–Kier alpha value is -3.56. The number of nitrogens with one attached hydrogen (secondary N) is 1. The average molecular weight is 674 g/mol. The number of phenols is 1. The molecule has 0 spiro atoms. The second-order valence-electron chi connectivity index (χ2n) is 12.9. The fourth-order valence-corrected chi connectivity index (χ4v) is 7.80. The summed E-state index contributed by atoms with van der Waals surface area (Å²) in [4.78, 5) is 19.5. The summed E-state index contributed by atoms with van der Waals surface area (Å²) in [6.45, 7) is 6.60. The van der Waals surface area contributed by atoms with Crippen molar-refractivity contribution in [2.45, 2.75) is 37.8 Å². The Bertz CT molecular complexity index is 1840. The Kier molecular flexibility index (Phi) is 7.29. The molecule has 3 saturated heterocycles. The predicted octanol–water partition coefficient (Wildman–Crippen LogP) is 4.87. The van der Waals surface area contributed by atoms with Crippen molar-refractivity contribution in [3.63, 3.8) is 0 Å². The molecule has 11 heteroatoms. The predicted molar refractivity (Wildman–Crippen MR) is 174 cm³/mol. The number of phenolic OH excluding ortho intramolecular Hbond substituents is 1. The summed E-state index contributed by atoms with van der Waals surface area (Å²) >= 11 is 3.83. The monoisotopic (exact) mass is 672 g/mol. The standard InChI is InChI=1S/C34H34BrFN6O3/c1-2-24-27(36)6-3-20-13-23(43)14-25(28(20)24)26-15-37-31-30(29(26)35)39-33(40-32(31)42-16-21-4-5-22(17-42)38-21)45-19-34(7-8-34)18-41-9-11-44-12-10-41/h1,3,6,13-15,21-22,38,43H,4-5,7-12,16-19H2. The maximum Gasteiger partial charge on any atom is 0.319 e. The first kappa shape index (κ1) is 28.9. The zero-order valence-electron chi connectivity index (χ0n) is 24.9. The molecule has 3 aliphatic heterocycles. The van der Waals surface area contributed by atoms with Crippen molar-refractivity contribution < 1.29 is 19.0 Å². The van der Waals surface area contributed by atoms with E-state index in [9.17, 15) is 9.50 Å². The van der Waals surface area contributed by atoms with E-state index >= 15 is 0 Å². The lowest BCUT2D eigenvalue weighted by atomic mass is 9.94. The molecule has 2 atom stereocenters. The minimum atomic E-state index is -0.499. The van der Waals surface area contributed by atoms with Crippen molar-refractivity contribution in [2.24, 2.45) is 5.41 Å². The Morgan fingerprint density at radius 1 is 1.11 bits per heavy atom. The van der Waals surface area contributed by atoms with Crippen LogP contribution in [0.5, 0.6) is 11.8 Å². The van der Waals surface area contributed by atoms with Gasteiger partial charge in [0, 0.05) is 67.4 Å². The molecule has 9 nitrogen and oxygen atoms in total. The van der Waals surface area contributed by atoms with Gasteiger partial charge in [-0.3, -0.25) is 4.90 Å². The molecule has 45 heavy (non-hydrogen) atoms. The summed E-state index contributed by atoms with van der Waals surface area (Å²) in [5.41, 5.74) is 2.66. The van der Waals surface area contributed by atoms with Crippen LogP contribution in [0.3, 0.4) is 0 Å². The number of aromatic nitrogens is 3. The van der Waals surface area contributed by atoms with Gasteiger partial charge in [-0.05, 0) is 70.8 Å². The molecule has 4 fully saturated rings. The number of terminal acetylenes is 1. The van der Waals surface area contributed by atoms with Gasteiger partial charge < -0.3 is 24.8 Å². The number of nitrogens with zero attached hydrogens (tertiary/aromatic N) is 5. The first-order valence-electron chi connectivity index (χ1n) is 15.6. The van der Waals surface area contributed by atoms with E-state index in [-0.39, 0.29) is 16.7 Å². The van der Waals surface area contributed by atoms with Crippen LogP contribution < -0.4 is 15.0 Å². The summed E-state index contributed by atoms with van der Waals surface area (Å²) in [6.07, 6.45) is 12.0. The van der Waals surface area contributed by atoms with Crippen LogP contribution >= 0.6 is 15.9 Å². The van der Waals surface area contributed by atoms with E-state index in [2.05, 4.69) is 37.0 Å².